The van der Waals surface area contributed by atoms with E-state index in [2.05, 4.69) is 47.6 Å². The highest BCUT2D eigenvalue weighted by molar-refractivity contribution is 5.95. The molecular weight excluding hydrogens is 229 g/mol. The van der Waals surface area contributed by atoms with Crippen LogP contribution in [0.5, 0.6) is 0 Å². The number of fused-ring (bicyclic) bond motifs is 3. The smallest absolute Gasteiger partial charge is 0.0459 e. The summed E-state index contributed by atoms with van der Waals surface area (Å²) in [5, 5.41) is 1.30. The molecule has 0 fully saturated rings. The van der Waals surface area contributed by atoms with Gasteiger partial charge in [0.25, 0.3) is 0 Å². The van der Waals surface area contributed by atoms with Crippen LogP contribution in [0, 0.1) is 0 Å². The lowest BCUT2D eigenvalue weighted by atomic mass is 10.1. The third kappa shape index (κ3) is 1.81. The molecule has 0 atom stereocenters. The zero-order chi connectivity index (χ0) is 8.67. The lowest BCUT2D eigenvalue weighted by Crippen LogP contribution is -1.81. The largest absolute Gasteiger partial charge is 0.361 e. The van der Waals surface area contributed by atoms with Gasteiger partial charge in [-0.25, -0.2) is 0 Å². The molecule has 0 aromatic heterocycles. The van der Waals surface area contributed by atoms with E-state index in [1.54, 1.807) is 0 Å². The van der Waals surface area contributed by atoms with Crippen molar-refractivity contribution in [1.82, 2.24) is 4.98 Å². The third-order valence-electron chi connectivity index (χ3n) is 2.45. The van der Waals surface area contributed by atoms with Crippen LogP contribution in [0.25, 0.3) is 22.0 Å². The summed E-state index contributed by atoms with van der Waals surface area (Å²) < 4.78 is 0. The number of benzene rings is 1. The lowest BCUT2D eigenvalue weighted by Gasteiger charge is -2.04. The molecule has 1 aliphatic carbocycles. The normalized spacial score (nSPS) is 9.60. The van der Waals surface area contributed by atoms with Crippen molar-refractivity contribution in [2.24, 2.45) is 0 Å². The Morgan fingerprint density at radius 2 is 1.60 bits per heavy atom. The van der Waals surface area contributed by atoms with E-state index in [0.717, 1.165) is 0 Å². The summed E-state index contributed by atoms with van der Waals surface area (Å²) in [7, 11) is 0. The molecule has 1 aromatic carbocycles. The second-order valence-corrected chi connectivity index (χ2v) is 3.23. The first-order valence-electron chi connectivity index (χ1n) is 4.40. The number of H-pyrrole nitrogens is 1. The van der Waals surface area contributed by atoms with Crippen LogP contribution in [-0.4, -0.2) is 4.98 Å². The van der Waals surface area contributed by atoms with Gasteiger partial charge in [-0.05, 0) is 17.2 Å². The minimum Gasteiger partial charge on any atom is -0.361 e. The molecule has 2 aliphatic rings. The quantitative estimate of drug-likeness (QED) is 0.608. The first-order chi connectivity index (χ1) is 6.45. The van der Waals surface area contributed by atoms with Gasteiger partial charge in [0.1, 0.15) is 0 Å². The van der Waals surface area contributed by atoms with E-state index in [4.69, 9.17) is 0 Å². The standard InChI is InChI=1S/C12H9N.2ClH/c1-2-7-12-11(5-1)10-6-3-4-9(10)8-13-12;;/h1-8,13H;2*1H. The Kier molecular flexibility index (Phi) is 3.61. The highest BCUT2D eigenvalue weighted by Crippen LogP contribution is 2.29. The summed E-state index contributed by atoms with van der Waals surface area (Å²) >= 11 is 0. The van der Waals surface area contributed by atoms with Crippen LogP contribution >= 0.6 is 24.8 Å². The number of hydrogen-bond donors (Lipinski definition) is 1. The average molecular weight is 240 g/mol. The van der Waals surface area contributed by atoms with Crippen molar-refractivity contribution in [3.63, 3.8) is 0 Å². The number of nitrogens with one attached hydrogen (secondary N) is 1. The molecule has 1 nitrogen and oxygen atoms in total. The molecule has 0 amide bonds. The minimum atomic E-state index is 0. The molecule has 3 heteroatoms. The molecule has 1 aliphatic heterocycles. The summed E-state index contributed by atoms with van der Waals surface area (Å²) in [6.07, 6.45) is 2.05. The van der Waals surface area contributed by atoms with Gasteiger partial charge in [-0.3, -0.25) is 0 Å². The van der Waals surface area contributed by atoms with Crippen LogP contribution in [0.2, 0.25) is 0 Å². The molecular formula is C12H11Cl2N. The van der Waals surface area contributed by atoms with E-state index in [1.807, 2.05) is 6.07 Å². The van der Waals surface area contributed by atoms with Crippen molar-refractivity contribution in [2.45, 2.75) is 0 Å². The van der Waals surface area contributed by atoms with Gasteiger partial charge >= 0.3 is 0 Å². The van der Waals surface area contributed by atoms with Crippen LogP contribution in [0.4, 0.5) is 0 Å². The maximum absolute atomic E-state index is 3.28. The molecule has 0 spiro atoms. The topological polar surface area (TPSA) is 15.8 Å². The van der Waals surface area contributed by atoms with E-state index < -0.39 is 0 Å². The molecule has 0 bridgehead atoms. The first-order valence-corrected chi connectivity index (χ1v) is 4.40. The predicted octanol–water partition coefficient (Wildman–Crippen LogP) is 4.12. The van der Waals surface area contributed by atoms with Crippen molar-refractivity contribution in [2.75, 3.05) is 0 Å². The number of pyridine rings is 1. The fraction of sp³-hybridized carbons (Fsp3) is 0. The van der Waals surface area contributed by atoms with Crippen molar-refractivity contribution in [1.29, 1.82) is 0 Å². The van der Waals surface area contributed by atoms with Gasteiger partial charge in [-0.15, -0.1) is 24.8 Å². The van der Waals surface area contributed by atoms with Crippen molar-refractivity contribution >= 4 is 35.7 Å². The summed E-state index contributed by atoms with van der Waals surface area (Å²) in [4.78, 5) is 3.28. The number of para-hydroxylation sites is 1. The number of hydrogen-bond acceptors (Lipinski definition) is 0. The van der Waals surface area contributed by atoms with E-state index >= 15 is 0 Å². The van der Waals surface area contributed by atoms with Crippen molar-refractivity contribution in [3.05, 3.63) is 48.7 Å². The van der Waals surface area contributed by atoms with E-state index in [-0.39, 0.29) is 24.8 Å². The van der Waals surface area contributed by atoms with Gasteiger partial charge in [0, 0.05) is 17.1 Å². The molecule has 78 valence electrons. The Morgan fingerprint density at radius 1 is 0.800 bits per heavy atom. The average Bonchev–Trinajstić information content (AvgIpc) is 2.65. The Balaban J connectivity index is 0.000000562. The summed E-state index contributed by atoms with van der Waals surface area (Å²) in [5.74, 6) is 0. The maximum atomic E-state index is 3.28. The van der Waals surface area contributed by atoms with E-state index in [1.165, 1.54) is 22.0 Å². The van der Waals surface area contributed by atoms with Crippen LogP contribution in [0.3, 0.4) is 0 Å². The van der Waals surface area contributed by atoms with Crippen LogP contribution < -0.4 is 0 Å². The molecule has 15 heavy (non-hydrogen) atoms. The van der Waals surface area contributed by atoms with Crippen molar-refractivity contribution in [3.8, 4) is 11.1 Å². The number of rotatable bonds is 0. The Morgan fingerprint density at radius 3 is 2.47 bits per heavy atom. The van der Waals surface area contributed by atoms with E-state index in [0.29, 0.717) is 0 Å². The SMILES string of the molecule is Cl.Cl.c1cc2c[nH]c3ccccc3c-2c1. The fourth-order valence-corrected chi connectivity index (χ4v) is 1.80. The van der Waals surface area contributed by atoms with Gasteiger partial charge in [0.15, 0.2) is 0 Å². The zero-order valence-electron chi connectivity index (χ0n) is 7.94. The highest BCUT2D eigenvalue weighted by atomic mass is 35.5. The van der Waals surface area contributed by atoms with Crippen LogP contribution in [0.1, 0.15) is 0 Å². The number of aromatic amines is 1. The second kappa shape index (κ2) is 4.56. The van der Waals surface area contributed by atoms with Gasteiger partial charge in [0.2, 0.25) is 0 Å². The summed E-state index contributed by atoms with van der Waals surface area (Å²) in [6, 6.07) is 14.7. The predicted molar refractivity (Wildman–Crippen MR) is 69.4 cm³/mol. The number of aromatic nitrogens is 1. The van der Waals surface area contributed by atoms with Gasteiger partial charge < -0.3 is 4.98 Å². The maximum Gasteiger partial charge on any atom is 0.0459 e. The molecule has 1 aromatic rings. The Labute approximate surface area is 101 Å². The number of halogens is 2. The molecule has 0 saturated heterocycles. The van der Waals surface area contributed by atoms with Crippen LogP contribution in [0.15, 0.2) is 48.7 Å². The highest BCUT2D eigenvalue weighted by Gasteiger charge is 2.04. The summed E-state index contributed by atoms with van der Waals surface area (Å²) in [6.45, 7) is 0. The van der Waals surface area contributed by atoms with Gasteiger partial charge in [-0.1, -0.05) is 36.4 Å². The second-order valence-electron chi connectivity index (χ2n) is 3.23. The first kappa shape index (κ1) is 11.9. The summed E-state index contributed by atoms with van der Waals surface area (Å²) in [5.41, 5.74) is 3.80. The fourth-order valence-electron chi connectivity index (χ4n) is 1.80. The van der Waals surface area contributed by atoms with Gasteiger partial charge in [-0.2, -0.15) is 0 Å². The zero-order valence-corrected chi connectivity index (χ0v) is 9.57. The molecule has 1 heterocycles. The minimum absolute atomic E-state index is 0. The van der Waals surface area contributed by atoms with Gasteiger partial charge in [0.05, 0.1) is 0 Å². The van der Waals surface area contributed by atoms with E-state index in [9.17, 15) is 0 Å². The molecule has 0 unspecified atom stereocenters. The Hall–Kier alpha value is -1.18. The van der Waals surface area contributed by atoms with Crippen LogP contribution in [-0.2, 0) is 0 Å². The lowest BCUT2D eigenvalue weighted by molar-refractivity contribution is 1.42. The van der Waals surface area contributed by atoms with Crippen molar-refractivity contribution < 1.29 is 0 Å². The third-order valence-corrected chi connectivity index (χ3v) is 2.45. The Bertz CT molecular complexity index is 530. The molecule has 0 saturated carbocycles. The molecule has 0 radical (unpaired) electrons. The molecule has 3 rings (SSSR count). The molecule has 1 N–H and O–H groups in total. The monoisotopic (exact) mass is 239 g/mol.